The number of carbonyl (C=O) groups is 1. The fourth-order valence-corrected chi connectivity index (χ4v) is 1.52. The average Bonchev–Trinajstić information content (AvgIpc) is 2.58. The zero-order valence-corrected chi connectivity index (χ0v) is 8.84. The second-order valence-electron chi connectivity index (χ2n) is 3.54. The van der Waals surface area contributed by atoms with E-state index in [0.29, 0.717) is 11.4 Å². The molecular weight excluding hydrogens is 204 g/mol. The van der Waals surface area contributed by atoms with Crippen molar-refractivity contribution >= 4 is 11.7 Å². The van der Waals surface area contributed by atoms with Crippen molar-refractivity contribution in [1.82, 2.24) is 9.78 Å². The van der Waals surface area contributed by atoms with Crippen LogP contribution in [-0.4, -0.2) is 15.7 Å². The molecule has 0 radical (unpaired) electrons. The van der Waals surface area contributed by atoms with E-state index in [9.17, 15) is 4.79 Å². The van der Waals surface area contributed by atoms with E-state index in [1.54, 1.807) is 28.9 Å². The molecule has 2 rings (SSSR count). The van der Waals surface area contributed by atoms with Crippen LogP contribution in [-0.2, 0) is 0 Å². The van der Waals surface area contributed by atoms with Gasteiger partial charge in [-0.2, -0.15) is 5.10 Å². The highest BCUT2D eigenvalue weighted by Gasteiger charge is 2.06. The molecule has 0 aliphatic heterocycles. The van der Waals surface area contributed by atoms with Gasteiger partial charge in [0.1, 0.15) is 5.82 Å². The van der Waals surface area contributed by atoms with E-state index in [1.165, 1.54) is 0 Å². The van der Waals surface area contributed by atoms with Crippen molar-refractivity contribution < 1.29 is 4.79 Å². The van der Waals surface area contributed by atoms with Crippen LogP contribution in [0.2, 0.25) is 0 Å². The van der Waals surface area contributed by atoms with Crippen LogP contribution in [0.5, 0.6) is 0 Å². The number of hydrogen-bond acceptors (Lipinski definition) is 3. The number of carbonyl (C=O) groups excluding carboxylic acids is 1. The van der Waals surface area contributed by atoms with Crippen LogP contribution in [0, 0.1) is 6.92 Å². The van der Waals surface area contributed by atoms with Crippen LogP contribution >= 0.6 is 0 Å². The third kappa shape index (κ3) is 1.75. The van der Waals surface area contributed by atoms with Crippen LogP contribution in [0.1, 0.15) is 16.1 Å². The summed E-state index contributed by atoms with van der Waals surface area (Å²) in [6.45, 7) is 1.85. The minimum absolute atomic E-state index is 0.435. The maximum Gasteiger partial charge on any atom is 0.248 e. The Bertz CT molecular complexity index is 545. The van der Waals surface area contributed by atoms with Crippen LogP contribution in [0.25, 0.3) is 5.69 Å². The Morgan fingerprint density at radius 1 is 1.38 bits per heavy atom. The summed E-state index contributed by atoms with van der Waals surface area (Å²) < 4.78 is 1.57. The van der Waals surface area contributed by atoms with Gasteiger partial charge in [0.05, 0.1) is 11.4 Å². The molecule has 0 aliphatic carbocycles. The summed E-state index contributed by atoms with van der Waals surface area (Å²) in [5.74, 6) is 0.0587. The first-order chi connectivity index (χ1) is 7.58. The molecular formula is C11H12N4O. The predicted molar refractivity (Wildman–Crippen MR) is 61.2 cm³/mol. The average molecular weight is 216 g/mol. The zero-order valence-electron chi connectivity index (χ0n) is 8.84. The molecule has 16 heavy (non-hydrogen) atoms. The lowest BCUT2D eigenvalue weighted by Gasteiger charge is -2.04. The van der Waals surface area contributed by atoms with Crippen molar-refractivity contribution in [2.45, 2.75) is 6.92 Å². The summed E-state index contributed by atoms with van der Waals surface area (Å²) in [6.07, 6.45) is 0. The monoisotopic (exact) mass is 216 g/mol. The Morgan fingerprint density at radius 3 is 2.69 bits per heavy atom. The molecule has 5 nitrogen and oxygen atoms in total. The fraction of sp³-hybridized carbons (Fsp3) is 0.0909. The number of nitrogen functional groups attached to an aromatic ring is 1. The van der Waals surface area contributed by atoms with E-state index in [2.05, 4.69) is 5.10 Å². The van der Waals surface area contributed by atoms with Gasteiger partial charge in [-0.3, -0.25) is 4.79 Å². The lowest BCUT2D eigenvalue weighted by molar-refractivity contribution is 0.100. The summed E-state index contributed by atoms with van der Waals surface area (Å²) >= 11 is 0. The molecule has 0 unspecified atom stereocenters. The molecule has 0 saturated carbocycles. The highest BCUT2D eigenvalue weighted by molar-refractivity contribution is 5.93. The summed E-state index contributed by atoms with van der Waals surface area (Å²) in [5, 5.41) is 4.22. The molecule has 4 N–H and O–H groups in total. The van der Waals surface area contributed by atoms with Crippen molar-refractivity contribution in [2.24, 2.45) is 5.73 Å². The van der Waals surface area contributed by atoms with Gasteiger partial charge in [0.2, 0.25) is 5.91 Å². The number of amides is 1. The van der Waals surface area contributed by atoms with E-state index in [1.807, 2.05) is 13.0 Å². The quantitative estimate of drug-likeness (QED) is 0.780. The number of aromatic nitrogens is 2. The number of primary amides is 1. The minimum Gasteiger partial charge on any atom is -0.384 e. The molecule has 0 spiro atoms. The number of nitrogens with zero attached hydrogens (tertiary/aromatic N) is 2. The smallest absolute Gasteiger partial charge is 0.248 e. The van der Waals surface area contributed by atoms with Crippen LogP contribution in [0.3, 0.4) is 0 Å². The lowest BCUT2D eigenvalue weighted by atomic mass is 10.2. The zero-order chi connectivity index (χ0) is 11.7. The molecule has 5 heteroatoms. The molecule has 82 valence electrons. The van der Waals surface area contributed by atoms with E-state index in [4.69, 9.17) is 11.5 Å². The molecule has 1 heterocycles. The first kappa shape index (κ1) is 10.2. The summed E-state index contributed by atoms with van der Waals surface area (Å²) in [7, 11) is 0. The SMILES string of the molecule is Cc1cc(N)n(-c2cccc(C(N)=O)c2)n1. The fourth-order valence-electron chi connectivity index (χ4n) is 1.52. The van der Waals surface area contributed by atoms with Gasteiger partial charge in [-0.05, 0) is 25.1 Å². The Hall–Kier alpha value is -2.30. The normalized spacial score (nSPS) is 10.3. The van der Waals surface area contributed by atoms with Crippen molar-refractivity contribution in [2.75, 3.05) is 5.73 Å². The van der Waals surface area contributed by atoms with E-state index in [-0.39, 0.29) is 0 Å². The number of benzene rings is 1. The number of nitrogens with two attached hydrogens (primary N) is 2. The standard InChI is InChI=1S/C11H12N4O/c1-7-5-10(12)15(14-7)9-4-2-3-8(6-9)11(13)16/h2-6H,12H2,1H3,(H2,13,16). The Balaban J connectivity index is 2.52. The van der Waals surface area contributed by atoms with Gasteiger partial charge in [-0.25, -0.2) is 4.68 Å². The van der Waals surface area contributed by atoms with E-state index < -0.39 is 5.91 Å². The molecule has 2 aromatic rings. The number of anilines is 1. The maximum absolute atomic E-state index is 11.0. The molecule has 0 aliphatic rings. The van der Waals surface area contributed by atoms with E-state index in [0.717, 1.165) is 11.4 Å². The highest BCUT2D eigenvalue weighted by Crippen LogP contribution is 2.15. The lowest BCUT2D eigenvalue weighted by Crippen LogP contribution is -2.11. The van der Waals surface area contributed by atoms with Crippen molar-refractivity contribution in [1.29, 1.82) is 0 Å². The molecule has 1 aromatic heterocycles. The summed E-state index contributed by atoms with van der Waals surface area (Å²) in [5.41, 5.74) is 13.0. The molecule has 0 atom stereocenters. The van der Waals surface area contributed by atoms with Crippen molar-refractivity contribution in [3.05, 3.63) is 41.6 Å². The minimum atomic E-state index is -0.468. The van der Waals surface area contributed by atoms with Crippen molar-refractivity contribution in [3.63, 3.8) is 0 Å². The third-order valence-electron chi connectivity index (χ3n) is 2.23. The first-order valence-corrected chi connectivity index (χ1v) is 4.80. The van der Waals surface area contributed by atoms with Gasteiger partial charge < -0.3 is 11.5 Å². The maximum atomic E-state index is 11.0. The van der Waals surface area contributed by atoms with Crippen molar-refractivity contribution in [3.8, 4) is 5.69 Å². The predicted octanol–water partition coefficient (Wildman–Crippen LogP) is 0.862. The Kier molecular flexibility index (Phi) is 2.36. The second-order valence-corrected chi connectivity index (χ2v) is 3.54. The first-order valence-electron chi connectivity index (χ1n) is 4.80. The van der Waals surface area contributed by atoms with Gasteiger partial charge in [-0.1, -0.05) is 6.07 Å². The number of rotatable bonds is 2. The van der Waals surface area contributed by atoms with Gasteiger partial charge in [0.25, 0.3) is 0 Å². The van der Waals surface area contributed by atoms with E-state index >= 15 is 0 Å². The van der Waals surface area contributed by atoms with Gasteiger partial charge >= 0.3 is 0 Å². The molecule has 1 aromatic carbocycles. The summed E-state index contributed by atoms with van der Waals surface area (Å²) in [4.78, 5) is 11.0. The Morgan fingerprint density at radius 2 is 2.12 bits per heavy atom. The third-order valence-corrected chi connectivity index (χ3v) is 2.23. The van der Waals surface area contributed by atoms with Gasteiger partial charge in [0.15, 0.2) is 0 Å². The van der Waals surface area contributed by atoms with Crippen LogP contribution in [0.4, 0.5) is 5.82 Å². The van der Waals surface area contributed by atoms with Crippen LogP contribution < -0.4 is 11.5 Å². The molecule has 0 saturated heterocycles. The van der Waals surface area contributed by atoms with Gasteiger partial charge in [0, 0.05) is 11.6 Å². The van der Waals surface area contributed by atoms with Crippen LogP contribution in [0.15, 0.2) is 30.3 Å². The molecule has 0 fully saturated rings. The largest absolute Gasteiger partial charge is 0.384 e. The topological polar surface area (TPSA) is 86.9 Å². The number of hydrogen-bond donors (Lipinski definition) is 2. The Labute approximate surface area is 92.7 Å². The molecule has 1 amide bonds. The second kappa shape index (κ2) is 3.69. The highest BCUT2D eigenvalue weighted by atomic mass is 16.1. The number of aryl methyl sites for hydroxylation is 1. The summed E-state index contributed by atoms with van der Waals surface area (Å²) in [6, 6.07) is 8.63. The molecule has 0 bridgehead atoms. The van der Waals surface area contributed by atoms with Gasteiger partial charge in [-0.15, -0.1) is 0 Å².